The average Bonchev–Trinajstić information content (AvgIpc) is 3.52. The molecule has 0 radical (unpaired) electrons. The summed E-state index contributed by atoms with van der Waals surface area (Å²) in [5, 5.41) is 0.907. The first-order valence-corrected chi connectivity index (χ1v) is 13.7. The molecule has 1 aliphatic heterocycles. The van der Waals surface area contributed by atoms with Gasteiger partial charge in [-0.15, -0.1) is 11.3 Å². The van der Waals surface area contributed by atoms with Gasteiger partial charge >= 0.3 is 0 Å². The summed E-state index contributed by atoms with van der Waals surface area (Å²) in [5.74, 6) is 0.706. The summed E-state index contributed by atoms with van der Waals surface area (Å²) in [6.45, 7) is 3.78. The Bertz CT molecular complexity index is 1750. The molecule has 0 N–H and O–H groups in total. The molecule has 0 spiro atoms. The Morgan fingerprint density at radius 3 is 2.11 bits per heavy atom. The molecule has 0 bridgehead atoms. The highest BCUT2D eigenvalue weighted by Crippen LogP contribution is 2.48. The van der Waals surface area contributed by atoms with Crippen molar-refractivity contribution < 1.29 is 12.8 Å². The number of furan rings is 1. The van der Waals surface area contributed by atoms with Crippen molar-refractivity contribution in [1.29, 1.82) is 0 Å². The van der Waals surface area contributed by atoms with E-state index in [4.69, 9.17) is 4.42 Å². The minimum Gasteiger partial charge on any atom is -0.455 e. The van der Waals surface area contributed by atoms with Crippen molar-refractivity contribution in [2.45, 2.75) is 13.8 Å². The van der Waals surface area contributed by atoms with Gasteiger partial charge in [0.25, 0.3) is 0 Å². The summed E-state index contributed by atoms with van der Waals surface area (Å²) in [6.07, 6.45) is 1.81. The summed E-state index contributed by atoms with van der Waals surface area (Å²) in [4.78, 5) is 2.94. The number of sulfone groups is 1. The van der Waals surface area contributed by atoms with Gasteiger partial charge in [0.2, 0.25) is 9.84 Å². The summed E-state index contributed by atoms with van der Waals surface area (Å²) < 4.78 is 33.4. The SMILES string of the molecule is CC1=C(c2c(-c3cc(-c4ccccc4)sc3C)oc3ccccc23)C=C(c2ccccc2)S1(=O)=O. The van der Waals surface area contributed by atoms with Crippen LogP contribution in [-0.4, -0.2) is 8.42 Å². The molecule has 0 fully saturated rings. The Kier molecular flexibility index (Phi) is 5.13. The van der Waals surface area contributed by atoms with Crippen LogP contribution < -0.4 is 0 Å². The van der Waals surface area contributed by atoms with Gasteiger partial charge in [-0.05, 0) is 43.2 Å². The van der Waals surface area contributed by atoms with Crippen LogP contribution in [-0.2, 0) is 9.84 Å². The van der Waals surface area contributed by atoms with E-state index in [0.29, 0.717) is 26.7 Å². The van der Waals surface area contributed by atoms with E-state index >= 15 is 0 Å². The molecule has 3 nitrogen and oxygen atoms in total. The quantitative estimate of drug-likeness (QED) is 0.252. The molecule has 6 rings (SSSR count). The molecule has 0 amide bonds. The van der Waals surface area contributed by atoms with Gasteiger partial charge < -0.3 is 4.42 Å². The first-order valence-electron chi connectivity index (χ1n) is 11.4. The van der Waals surface area contributed by atoms with Crippen LogP contribution in [0.4, 0.5) is 0 Å². The molecule has 0 atom stereocenters. The maximum Gasteiger partial charge on any atom is 0.203 e. The normalized spacial score (nSPS) is 15.1. The van der Waals surface area contributed by atoms with Crippen LogP contribution in [0.5, 0.6) is 0 Å². The monoisotopic (exact) mass is 494 g/mol. The Balaban J connectivity index is 1.61. The van der Waals surface area contributed by atoms with E-state index in [9.17, 15) is 8.42 Å². The highest BCUT2D eigenvalue weighted by Gasteiger charge is 2.34. The Labute approximate surface area is 208 Å². The average molecular weight is 495 g/mol. The van der Waals surface area contributed by atoms with Crippen LogP contribution in [0.2, 0.25) is 0 Å². The number of benzene rings is 3. The zero-order valence-corrected chi connectivity index (χ0v) is 20.9. The lowest BCUT2D eigenvalue weighted by Crippen LogP contribution is -2.00. The van der Waals surface area contributed by atoms with Crippen molar-refractivity contribution in [2.75, 3.05) is 0 Å². The predicted octanol–water partition coefficient (Wildman–Crippen LogP) is 8.34. The number of para-hydroxylation sites is 1. The number of aryl methyl sites for hydroxylation is 1. The van der Waals surface area contributed by atoms with E-state index < -0.39 is 9.84 Å². The molecule has 5 heteroatoms. The van der Waals surface area contributed by atoms with Crippen molar-refractivity contribution >= 4 is 42.6 Å². The molecule has 3 heterocycles. The number of fused-ring (bicyclic) bond motifs is 1. The highest BCUT2D eigenvalue weighted by molar-refractivity contribution is 8.04. The number of rotatable bonds is 4. The van der Waals surface area contributed by atoms with Crippen LogP contribution >= 0.6 is 11.3 Å². The second-order valence-electron chi connectivity index (χ2n) is 8.60. The van der Waals surface area contributed by atoms with E-state index in [1.807, 2.05) is 72.8 Å². The molecular weight excluding hydrogens is 472 g/mol. The molecule has 0 aliphatic carbocycles. The van der Waals surface area contributed by atoms with Crippen molar-refractivity contribution in [3.05, 3.63) is 118 Å². The van der Waals surface area contributed by atoms with Crippen molar-refractivity contribution in [1.82, 2.24) is 0 Å². The topological polar surface area (TPSA) is 47.3 Å². The zero-order valence-electron chi connectivity index (χ0n) is 19.3. The van der Waals surface area contributed by atoms with Gasteiger partial charge in [0.15, 0.2) is 0 Å². The van der Waals surface area contributed by atoms with Crippen LogP contribution in [0.25, 0.3) is 43.2 Å². The summed E-state index contributed by atoms with van der Waals surface area (Å²) in [5.41, 5.74) is 5.08. The van der Waals surface area contributed by atoms with Crippen LogP contribution in [0.1, 0.15) is 22.9 Å². The standard InChI is InChI=1S/C30H22O3S2/c1-19-24(17-27(34-19)21-11-5-3-6-12-21)30-29(23-15-9-10-16-26(23)33-30)25-18-28(35(31,32)20(25)2)22-13-7-4-8-14-22/h3-18H,1-2H3. The van der Waals surface area contributed by atoms with Gasteiger partial charge in [0.1, 0.15) is 11.3 Å². The molecule has 5 aromatic rings. The van der Waals surface area contributed by atoms with E-state index in [0.717, 1.165) is 37.4 Å². The third kappa shape index (κ3) is 3.51. The first kappa shape index (κ1) is 21.8. The van der Waals surface area contributed by atoms with Crippen LogP contribution in [0.15, 0.2) is 106 Å². The summed E-state index contributed by atoms with van der Waals surface area (Å²) in [6, 6.07) is 29.5. The predicted molar refractivity (Wildman–Crippen MR) is 146 cm³/mol. The molecule has 1 aliphatic rings. The molecule has 35 heavy (non-hydrogen) atoms. The van der Waals surface area contributed by atoms with Gasteiger partial charge in [0.05, 0.1) is 9.81 Å². The van der Waals surface area contributed by atoms with E-state index in [-0.39, 0.29) is 0 Å². The van der Waals surface area contributed by atoms with Crippen molar-refractivity contribution in [3.63, 3.8) is 0 Å². The number of allylic oxidation sites excluding steroid dienone is 3. The van der Waals surface area contributed by atoms with Crippen LogP contribution in [0, 0.1) is 6.92 Å². The molecule has 172 valence electrons. The smallest absolute Gasteiger partial charge is 0.203 e. The lowest BCUT2D eigenvalue weighted by Gasteiger charge is -2.05. The van der Waals surface area contributed by atoms with Crippen LogP contribution in [0.3, 0.4) is 0 Å². The zero-order chi connectivity index (χ0) is 24.2. The van der Waals surface area contributed by atoms with Gasteiger partial charge in [-0.25, -0.2) is 8.42 Å². The third-order valence-electron chi connectivity index (χ3n) is 6.49. The fraction of sp³-hybridized carbons (Fsp3) is 0.0667. The van der Waals surface area contributed by atoms with Gasteiger partial charge in [0, 0.05) is 31.8 Å². The summed E-state index contributed by atoms with van der Waals surface area (Å²) >= 11 is 1.71. The minimum absolute atomic E-state index is 0.328. The minimum atomic E-state index is -3.61. The maximum atomic E-state index is 13.5. The van der Waals surface area contributed by atoms with Gasteiger partial charge in [-0.1, -0.05) is 78.9 Å². The second kappa shape index (κ2) is 8.22. The fourth-order valence-electron chi connectivity index (χ4n) is 4.66. The molecule has 0 saturated heterocycles. The third-order valence-corrected chi connectivity index (χ3v) is 9.55. The second-order valence-corrected chi connectivity index (χ2v) is 11.9. The van der Waals surface area contributed by atoms with Gasteiger partial charge in [-0.3, -0.25) is 0 Å². The van der Waals surface area contributed by atoms with Crippen molar-refractivity contribution in [3.8, 4) is 21.8 Å². The summed E-state index contributed by atoms with van der Waals surface area (Å²) in [7, 11) is -3.61. The maximum absolute atomic E-state index is 13.5. The van der Waals surface area contributed by atoms with E-state index in [2.05, 4.69) is 25.1 Å². The van der Waals surface area contributed by atoms with Gasteiger partial charge in [-0.2, -0.15) is 0 Å². The number of thiophene rings is 1. The molecule has 2 aromatic heterocycles. The first-order chi connectivity index (χ1) is 16.9. The molecule has 0 saturated carbocycles. The molecule has 3 aromatic carbocycles. The largest absolute Gasteiger partial charge is 0.455 e. The molecule has 0 unspecified atom stereocenters. The molecular formula is C30H22O3S2. The fourth-order valence-corrected chi connectivity index (χ4v) is 7.19. The van der Waals surface area contributed by atoms with E-state index in [1.54, 1.807) is 24.3 Å². The lowest BCUT2D eigenvalue weighted by atomic mass is 9.97. The van der Waals surface area contributed by atoms with E-state index in [1.165, 1.54) is 0 Å². The number of hydrogen-bond acceptors (Lipinski definition) is 4. The Morgan fingerprint density at radius 1 is 0.771 bits per heavy atom. The van der Waals surface area contributed by atoms with Crippen molar-refractivity contribution in [2.24, 2.45) is 0 Å². The highest BCUT2D eigenvalue weighted by atomic mass is 32.2. The Hall–Kier alpha value is -3.67. The Morgan fingerprint density at radius 2 is 1.40 bits per heavy atom. The number of hydrogen-bond donors (Lipinski definition) is 0. The lowest BCUT2D eigenvalue weighted by molar-refractivity contribution is 0.612.